The number of hydrogen-bond donors (Lipinski definition) is 0. The molecule has 2 bridgehead atoms. The molecular formula is C22H38N2O3S. The monoisotopic (exact) mass is 410 g/mol. The number of amides is 1. The average molecular weight is 411 g/mol. The molecule has 4 aliphatic rings. The minimum absolute atomic E-state index is 0.0262. The van der Waals surface area contributed by atoms with Crippen LogP contribution in [0.15, 0.2) is 0 Å². The van der Waals surface area contributed by atoms with E-state index in [1.54, 1.807) is 4.31 Å². The van der Waals surface area contributed by atoms with E-state index in [4.69, 9.17) is 0 Å². The first kappa shape index (κ1) is 20.6. The average Bonchev–Trinajstić information content (AvgIpc) is 3.43. The molecule has 0 radical (unpaired) electrons. The van der Waals surface area contributed by atoms with E-state index >= 15 is 0 Å². The van der Waals surface area contributed by atoms with Crippen molar-refractivity contribution in [1.82, 2.24) is 9.21 Å². The van der Waals surface area contributed by atoms with Crippen LogP contribution >= 0.6 is 0 Å². The number of carbonyl (C=O) groups excluding carboxylic acids is 1. The predicted octanol–water partition coefficient (Wildman–Crippen LogP) is 3.65. The molecule has 4 fully saturated rings. The molecule has 4 atom stereocenters. The number of nitrogens with zero attached hydrogens (tertiary/aromatic N) is 2. The second kappa shape index (κ2) is 8.63. The molecule has 5 nitrogen and oxygen atoms in total. The maximum atomic E-state index is 13.2. The summed E-state index contributed by atoms with van der Waals surface area (Å²) in [6, 6.07) is 0.447. The molecule has 2 saturated carbocycles. The van der Waals surface area contributed by atoms with Crippen LogP contribution in [0.3, 0.4) is 0 Å². The van der Waals surface area contributed by atoms with Crippen LogP contribution in [0.25, 0.3) is 0 Å². The number of rotatable bonds is 7. The smallest absolute Gasteiger partial charge is 0.226 e. The van der Waals surface area contributed by atoms with Gasteiger partial charge in [-0.1, -0.05) is 19.8 Å². The van der Waals surface area contributed by atoms with E-state index in [1.165, 1.54) is 38.5 Å². The van der Waals surface area contributed by atoms with Gasteiger partial charge in [0.05, 0.1) is 5.75 Å². The van der Waals surface area contributed by atoms with Crippen molar-refractivity contribution < 1.29 is 13.2 Å². The summed E-state index contributed by atoms with van der Waals surface area (Å²) in [5, 5.41) is 0. The third kappa shape index (κ3) is 4.28. The van der Waals surface area contributed by atoms with Crippen molar-refractivity contribution >= 4 is 15.9 Å². The predicted molar refractivity (Wildman–Crippen MR) is 111 cm³/mol. The Kier molecular flexibility index (Phi) is 6.36. The quantitative estimate of drug-likeness (QED) is 0.644. The molecule has 2 heterocycles. The van der Waals surface area contributed by atoms with E-state index in [1.807, 2.05) is 6.92 Å². The van der Waals surface area contributed by atoms with Crippen LogP contribution in [0, 0.1) is 23.7 Å². The van der Waals surface area contributed by atoms with E-state index in [-0.39, 0.29) is 11.7 Å². The van der Waals surface area contributed by atoms with E-state index in [9.17, 15) is 13.2 Å². The Hall–Kier alpha value is -0.620. The Morgan fingerprint density at radius 1 is 1.00 bits per heavy atom. The molecule has 28 heavy (non-hydrogen) atoms. The summed E-state index contributed by atoms with van der Waals surface area (Å²) >= 11 is 0. The normalized spacial score (nSPS) is 34.4. The molecule has 2 saturated heterocycles. The maximum Gasteiger partial charge on any atom is 0.226 e. The third-order valence-corrected chi connectivity index (χ3v) is 10.0. The molecular weight excluding hydrogens is 372 g/mol. The van der Waals surface area contributed by atoms with Gasteiger partial charge >= 0.3 is 0 Å². The van der Waals surface area contributed by atoms with E-state index in [0.29, 0.717) is 37.9 Å². The summed E-state index contributed by atoms with van der Waals surface area (Å²) in [7, 11) is -3.14. The number of likely N-dealkylation sites (tertiary alicyclic amines) is 1. The van der Waals surface area contributed by atoms with Gasteiger partial charge in [0.2, 0.25) is 15.9 Å². The Morgan fingerprint density at radius 2 is 1.79 bits per heavy atom. The number of sulfonamides is 1. The molecule has 0 aromatic heterocycles. The van der Waals surface area contributed by atoms with Crippen LogP contribution in [0.5, 0.6) is 0 Å². The van der Waals surface area contributed by atoms with E-state index < -0.39 is 10.0 Å². The van der Waals surface area contributed by atoms with Gasteiger partial charge in [0.25, 0.3) is 0 Å². The first-order chi connectivity index (χ1) is 13.5. The highest BCUT2D eigenvalue weighted by atomic mass is 32.2. The van der Waals surface area contributed by atoms with Crippen LogP contribution in [0.4, 0.5) is 0 Å². The zero-order valence-electron chi connectivity index (χ0n) is 17.5. The summed E-state index contributed by atoms with van der Waals surface area (Å²) in [5.41, 5.74) is 0. The number of unbranched alkanes of at least 4 members (excludes halogenated alkanes) is 1. The third-order valence-electron chi connectivity index (χ3n) is 8.07. The lowest BCUT2D eigenvalue weighted by molar-refractivity contribution is -0.138. The van der Waals surface area contributed by atoms with Crippen molar-refractivity contribution in [3.63, 3.8) is 0 Å². The van der Waals surface area contributed by atoms with Gasteiger partial charge < -0.3 is 4.90 Å². The van der Waals surface area contributed by atoms with Crippen LogP contribution in [0.1, 0.15) is 77.6 Å². The molecule has 4 unspecified atom stereocenters. The first-order valence-electron chi connectivity index (χ1n) is 11.8. The lowest BCUT2D eigenvalue weighted by atomic mass is 9.83. The lowest BCUT2D eigenvalue weighted by Crippen LogP contribution is -2.46. The number of fused-ring (bicyclic) bond motifs is 2. The van der Waals surface area contributed by atoms with E-state index in [0.717, 1.165) is 43.6 Å². The number of piperidine rings is 1. The van der Waals surface area contributed by atoms with Crippen LogP contribution in [-0.4, -0.2) is 55.0 Å². The largest absolute Gasteiger partial charge is 0.339 e. The summed E-state index contributed by atoms with van der Waals surface area (Å²) < 4.78 is 26.5. The minimum atomic E-state index is -3.14. The van der Waals surface area contributed by atoms with Gasteiger partial charge in [0, 0.05) is 31.6 Å². The van der Waals surface area contributed by atoms with Crippen LogP contribution < -0.4 is 0 Å². The minimum Gasteiger partial charge on any atom is -0.339 e. The van der Waals surface area contributed by atoms with Crippen molar-refractivity contribution in [2.24, 2.45) is 23.7 Å². The number of carbonyl (C=O) groups is 1. The molecule has 0 spiro atoms. The lowest BCUT2D eigenvalue weighted by Gasteiger charge is -2.35. The summed E-state index contributed by atoms with van der Waals surface area (Å²) in [6.07, 6.45) is 12.2. The van der Waals surface area contributed by atoms with Gasteiger partial charge in [0.15, 0.2) is 0 Å². The highest BCUT2D eigenvalue weighted by molar-refractivity contribution is 7.89. The SMILES string of the molecule is CCCCS(=O)(=O)N1CCC(C(=O)N2CCCC2CC2CC3CCC2C3)CC1. The summed E-state index contributed by atoms with van der Waals surface area (Å²) in [4.78, 5) is 15.4. The molecule has 160 valence electrons. The van der Waals surface area contributed by atoms with Crippen molar-refractivity contribution in [1.29, 1.82) is 0 Å². The van der Waals surface area contributed by atoms with Crippen molar-refractivity contribution in [2.75, 3.05) is 25.4 Å². The summed E-state index contributed by atoms with van der Waals surface area (Å²) in [5.74, 6) is 3.34. The first-order valence-corrected chi connectivity index (χ1v) is 13.4. The Bertz CT molecular complexity index is 657. The zero-order chi connectivity index (χ0) is 19.7. The molecule has 6 heteroatoms. The fourth-order valence-electron chi connectivity index (χ4n) is 6.46. The molecule has 0 N–H and O–H groups in total. The van der Waals surface area contributed by atoms with Crippen molar-refractivity contribution in [3.8, 4) is 0 Å². The van der Waals surface area contributed by atoms with Crippen molar-refractivity contribution in [3.05, 3.63) is 0 Å². The highest BCUT2D eigenvalue weighted by Crippen LogP contribution is 2.50. The topological polar surface area (TPSA) is 57.7 Å². The Morgan fingerprint density at radius 3 is 2.43 bits per heavy atom. The molecule has 0 aromatic rings. The number of hydrogen-bond acceptors (Lipinski definition) is 3. The molecule has 4 rings (SSSR count). The fourth-order valence-corrected chi connectivity index (χ4v) is 8.14. The second-order valence-corrected chi connectivity index (χ2v) is 11.9. The van der Waals surface area contributed by atoms with Crippen LogP contribution in [0.2, 0.25) is 0 Å². The van der Waals surface area contributed by atoms with E-state index in [2.05, 4.69) is 4.90 Å². The molecule has 2 aliphatic heterocycles. The molecule has 1 amide bonds. The molecule has 0 aromatic carbocycles. The summed E-state index contributed by atoms with van der Waals surface area (Å²) in [6.45, 7) is 3.98. The zero-order valence-corrected chi connectivity index (χ0v) is 18.3. The highest BCUT2D eigenvalue weighted by Gasteiger charge is 2.43. The fraction of sp³-hybridized carbons (Fsp3) is 0.955. The van der Waals surface area contributed by atoms with Gasteiger partial charge in [-0.15, -0.1) is 0 Å². The van der Waals surface area contributed by atoms with Gasteiger partial charge in [-0.05, 0) is 75.5 Å². The van der Waals surface area contributed by atoms with Gasteiger partial charge in [-0.2, -0.15) is 0 Å². The second-order valence-electron chi connectivity index (χ2n) is 9.84. The van der Waals surface area contributed by atoms with Crippen molar-refractivity contribution in [2.45, 2.75) is 83.6 Å². The standard InChI is InChI=1S/C22H38N2O3S/c1-2-3-13-28(26,27)23-11-8-18(9-12-23)22(25)24-10-4-5-21(24)16-20-15-17-6-7-19(20)14-17/h17-21H,2-16H2,1H3. The van der Waals surface area contributed by atoms with Gasteiger partial charge in [0.1, 0.15) is 0 Å². The maximum absolute atomic E-state index is 13.2. The Labute approximate surface area is 171 Å². The molecule has 2 aliphatic carbocycles. The van der Waals surface area contributed by atoms with Gasteiger partial charge in [-0.3, -0.25) is 4.79 Å². The Balaban J connectivity index is 1.29. The van der Waals surface area contributed by atoms with Crippen LogP contribution in [-0.2, 0) is 14.8 Å². The van der Waals surface area contributed by atoms with Gasteiger partial charge in [-0.25, -0.2) is 12.7 Å².